The second-order valence-electron chi connectivity index (χ2n) is 8.12. The Kier molecular flexibility index (Phi) is 13.6. The fourth-order valence-corrected chi connectivity index (χ4v) is 11.4. The fourth-order valence-electron chi connectivity index (χ4n) is 3.36. The lowest BCUT2D eigenvalue weighted by molar-refractivity contribution is -0.130. The summed E-state index contributed by atoms with van der Waals surface area (Å²) in [4.78, 5) is 0. The minimum absolute atomic E-state index is 0.0287. The van der Waals surface area contributed by atoms with E-state index in [0.717, 1.165) is 76.9 Å². The van der Waals surface area contributed by atoms with Gasteiger partial charge in [-0.05, 0) is 25.7 Å². The Hall–Kier alpha value is 3.04. The van der Waals surface area contributed by atoms with Crippen LogP contribution in [0.2, 0.25) is 0 Å². The molecule has 0 aliphatic heterocycles. The van der Waals surface area contributed by atoms with Crippen LogP contribution in [0.15, 0.2) is 12.7 Å². The molecule has 3 unspecified atom stereocenters. The molecule has 0 aromatic rings. The molecule has 0 aromatic carbocycles. The van der Waals surface area contributed by atoms with Crippen LogP contribution in [0.5, 0.6) is 0 Å². The van der Waals surface area contributed by atoms with Gasteiger partial charge < -0.3 is 0 Å². The molecule has 180 valence electrons. The summed E-state index contributed by atoms with van der Waals surface area (Å²) in [5.41, 5.74) is -2.50. The number of rotatable bonds is 14. The van der Waals surface area contributed by atoms with Crippen LogP contribution in [-0.2, 0) is 0 Å². The van der Waals surface area contributed by atoms with E-state index in [1.54, 1.807) is 29.5 Å². The Labute approximate surface area is 246 Å². The van der Waals surface area contributed by atoms with E-state index < -0.39 is 23.8 Å². The Bertz CT molecular complexity index is 566. The number of halogens is 10. The van der Waals surface area contributed by atoms with Gasteiger partial charge in [-0.1, -0.05) is 178 Å². The predicted octanol–water partition coefficient (Wildman–Crippen LogP) is 10.9. The van der Waals surface area contributed by atoms with E-state index in [9.17, 15) is 0 Å². The average Bonchev–Trinajstić information content (AvgIpc) is 2.60. The van der Waals surface area contributed by atoms with E-state index in [0.29, 0.717) is 0 Å². The van der Waals surface area contributed by atoms with Gasteiger partial charge in [-0.3, -0.25) is 0 Å². The van der Waals surface area contributed by atoms with E-state index in [-0.39, 0.29) is 25.2 Å². The summed E-state index contributed by atoms with van der Waals surface area (Å²) in [6, 6.07) is 0. The zero-order valence-corrected chi connectivity index (χ0v) is 28.4. The summed E-state index contributed by atoms with van der Waals surface area (Å²) in [6.07, 6.45) is 4.75. The van der Waals surface area contributed by atoms with Gasteiger partial charge in [-0.15, -0.1) is 0 Å². The highest BCUT2D eigenvalue weighted by molar-refractivity contribution is 14.2. The fraction of sp³-hybridized carbons (Fsp3) is 0.900. The first-order chi connectivity index (χ1) is 13.3. The molecule has 10 heteroatoms. The van der Waals surface area contributed by atoms with Gasteiger partial charge in [0.05, 0.1) is 3.42 Å². The van der Waals surface area contributed by atoms with Gasteiger partial charge in [0.25, 0.3) is 5.92 Å². The van der Waals surface area contributed by atoms with Crippen molar-refractivity contribution in [3.05, 3.63) is 12.7 Å². The molecule has 3 atom stereocenters. The van der Waals surface area contributed by atoms with E-state index in [2.05, 4.69) is 13.5 Å². The lowest BCUT2D eigenvalue weighted by Crippen LogP contribution is -2.68. The smallest absolute Gasteiger partial charge is 0.237 e. The average molecular weight is 1000 g/mol. The van der Waals surface area contributed by atoms with Crippen LogP contribution < -0.4 is 0 Å². The highest BCUT2D eigenvalue weighted by Crippen LogP contribution is 2.68. The number of hydrogen-bond donors (Lipinski definition) is 0. The molecule has 0 amide bonds. The Morgan fingerprint density at radius 3 is 1.73 bits per heavy atom. The number of alkyl halides is 10. The monoisotopic (exact) mass is 1000 g/mol. The van der Waals surface area contributed by atoms with Crippen LogP contribution >= 0.6 is 113 Å². The predicted molar refractivity (Wildman–Crippen MR) is 161 cm³/mol. The molecular formula is C20H30F5I5. The van der Waals surface area contributed by atoms with Crippen molar-refractivity contribution in [3.63, 3.8) is 0 Å². The summed E-state index contributed by atoms with van der Waals surface area (Å²) in [5, 5.41) is 0. The highest BCUT2D eigenvalue weighted by Gasteiger charge is 2.79. The van der Waals surface area contributed by atoms with E-state index in [4.69, 9.17) is 0 Å². The van der Waals surface area contributed by atoms with E-state index >= 15 is 22.0 Å². The van der Waals surface area contributed by atoms with Crippen LogP contribution in [0.25, 0.3) is 0 Å². The lowest BCUT2D eigenvalue weighted by atomic mass is 9.84. The first kappa shape index (κ1) is 33.0. The minimum atomic E-state index is -4.05. The molecule has 0 nitrogen and oxygen atoms in total. The number of hydrogen-bond acceptors (Lipinski definition) is 0. The van der Waals surface area contributed by atoms with Gasteiger partial charge in [0, 0.05) is 0 Å². The van der Waals surface area contributed by atoms with Crippen molar-refractivity contribution in [3.8, 4) is 0 Å². The van der Waals surface area contributed by atoms with Crippen molar-refractivity contribution in [2.24, 2.45) is 5.92 Å². The Morgan fingerprint density at radius 2 is 1.33 bits per heavy atom. The molecule has 0 bridgehead atoms. The lowest BCUT2D eigenvalue weighted by Gasteiger charge is -2.50. The molecule has 0 radical (unpaired) electrons. The maximum atomic E-state index is 15.8. The zero-order valence-electron chi connectivity index (χ0n) is 17.6. The minimum Gasteiger partial charge on any atom is -0.237 e. The van der Waals surface area contributed by atoms with Gasteiger partial charge >= 0.3 is 5.92 Å². The first-order valence-corrected chi connectivity index (χ1v) is 15.2. The topological polar surface area (TPSA) is 0 Å². The number of unbranched alkanes of at least 4 members (excludes halogenated alkanes) is 2. The highest BCUT2D eigenvalue weighted by atomic mass is 127. The normalized spacial score (nSPS) is 19.1. The maximum absolute atomic E-state index is 15.8. The molecule has 0 aliphatic carbocycles. The molecule has 0 rings (SSSR count). The SMILES string of the molecule is C=CC(F)(CCC)C(I)(I)C(F)(F)C(I)(I)C(F)(F)C(C)(I)CC(C)CCCCC. The van der Waals surface area contributed by atoms with Gasteiger partial charge in [0.15, 0.2) is 7.10 Å². The van der Waals surface area contributed by atoms with E-state index in [1.165, 1.54) is 52.1 Å². The third-order valence-corrected chi connectivity index (χ3v) is 12.3. The summed E-state index contributed by atoms with van der Waals surface area (Å²) < 4.78 is 71.7. The van der Waals surface area contributed by atoms with E-state index in [1.807, 2.05) is 6.92 Å². The van der Waals surface area contributed by atoms with Crippen LogP contribution in [0, 0.1) is 5.92 Å². The summed E-state index contributed by atoms with van der Waals surface area (Å²) in [7, 11) is 0. The van der Waals surface area contributed by atoms with Gasteiger partial charge in [0.1, 0.15) is 0 Å². The van der Waals surface area contributed by atoms with Gasteiger partial charge in [0.2, 0.25) is 1.43 Å². The van der Waals surface area contributed by atoms with Crippen molar-refractivity contribution < 1.29 is 22.0 Å². The zero-order chi connectivity index (χ0) is 24.2. The molecule has 0 fully saturated rings. The molecule has 0 saturated heterocycles. The van der Waals surface area contributed by atoms with Crippen molar-refractivity contribution in [2.75, 3.05) is 0 Å². The third-order valence-electron chi connectivity index (χ3n) is 5.33. The summed E-state index contributed by atoms with van der Waals surface area (Å²) in [5.74, 6) is -7.86. The second kappa shape index (κ2) is 12.3. The summed E-state index contributed by atoms with van der Waals surface area (Å²) in [6.45, 7) is 10.3. The van der Waals surface area contributed by atoms with Crippen LogP contribution in [-0.4, -0.2) is 23.8 Å². The molecule has 0 aliphatic rings. The van der Waals surface area contributed by atoms with Crippen LogP contribution in [0.1, 0.15) is 72.6 Å². The third kappa shape index (κ3) is 6.62. The molecular weight excluding hydrogens is 970 g/mol. The molecule has 0 N–H and O–H groups in total. The first-order valence-electron chi connectivity index (χ1n) is 9.85. The van der Waals surface area contributed by atoms with Crippen molar-refractivity contribution in [2.45, 2.75) is 96.4 Å². The molecule has 0 aromatic heterocycles. The molecule has 0 spiro atoms. The van der Waals surface area contributed by atoms with Crippen molar-refractivity contribution >= 4 is 113 Å². The van der Waals surface area contributed by atoms with Crippen LogP contribution in [0.4, 0.5) is 22.0 Å². The summed E-state index contributed by atoms with van der Waals surface area (Å²) >= 11 is 6.54. The Morgan fingerprint density at radius 1 is 0.833 bits per heavy atom. The van der Waals surface area contributed by atoms with Crippen molar-refractivity contribution in [1.29, 1.82) is 0 Å². The van der Waals surface area contributed by atoms with Gasteiger partial charge in [-0.25, -0.2) is 22.0 Å². The van der Waals surface area contributed by atoms with Crippen molar-refractivity contribution in [1.82, 2.24) is 0 Å². The maximum Gasteiger partial charge on any atom is 0.303 e. The largest absolute Gasteiger partial charge is 0.303 e. The molecule has 0 saturated carbocycles. The molecule has 0 heterocycles. The second-order valence-corrected chi connectivity index (χ2v) is 21.1. The Balaban J connectivity index is 6.06. The molecule has 30 heavy (non-hydrogen) atoms. The standard InChI is InChI=1S/C20H30F5I5/c1-6-9-10-11-14(4)13-15(5,26)17(22,23)20(29,30)18(24,25)19(27,28)16(21,8-3)12-7-2/h8,14H,3,6-7,9-13H2,1-2,4-5H3. The quantitative estimate of drug-likeness (QED) is 0.0535. The van der Waals surface area contributed by atoms with Crippen LogP contribution in [0.3, 0.4) is 0 Å². The number of allylic oxidation sites excluding steroid dienone is 1. The van der Waals surface area contributed by atoms with Gasteiger partial charge in [-0.2, -0.15) is 0 Å².